The lowest BCUT2D eigenvalue weighted by atomic mass is 10.2. The smallest absolute Gasteiger partial charge is 0.252 e. The molecule has 2 heterocycles. The number of nitrogens with one attached hydrogen (secondary N) is 1. The maximum atomic E-state index is 11.8. The van der Waals surface area contributed by atoms with Crippen LogP contribution in [0, 0.1) is 4.77 Å². The first-order valence-corrected chi connectivity index (χ1v) is 7.73. The van der Waals surface area contributed by atoms with Crippen molar-refractivity contribution in [2.45, 2.75) is 6.54 Å². The van der Waals surface area contributed by atoms with E-state index in [1.54, 1.807) is 24.5 Å². The summed E-state index contributed by atoms with van der Waals surface area (Å²) in [5.41, 5.74) is 0.656. The minimum absolute atomic E-state index is 0.180. The lowest BCUT2D eigenvalue weighted by Crippen LogP contribution is -2.16. The van der Waals surface area contributed by atoms with Gasteiger partial charge in [0.15, 0.2) is 4.77 Å². The van der Waals surface area contributed by atoms with Crippen LogP contribution >= 0.6 is 23.6 Å². The van der Waals surface area contributed by atoms with Crippen molar-refractivity contribution in [3.05, 3.63) is 51.5 Å². The van der Waals surface area contributed by atoms with Crippen molar-refractivity contribution in [3.8, 4) is 10.6 Å². The summed E-state index contributed by atoms with van der Waals surface area (Å²) in [7, 11) is 1.65. The highest BCUT2D eigenvalue weighted by Crippen LogP contribution is 2.32. The lowest BCUT2D eigenvalue weighted by Gasteiger charge is -2.11. The maximum absolute atomic E-state index is 11.8. The highest BCUT2D eigenvalue weighted by molar-refractivity contribution is 7.71. The molecule has 3 aromatic rings. The van der Waals surface area contributed by atoms with Crippen molar-refractivity contribution in [1.29, 1.82) is 0 Å². The van der Waals surface area contributed by atoms with E-state index in [0.29, 0.717) is 17.9 Å². The average Bonchev–Trinajstić information content (AvgIpc) is 2.89. The van der Waals surface area contributed by atoms with Crippen molar-refractivity contribution in [1.82, 2.24) is 9.55 Å². The van der Waals surface area contributed by atoms with Crippen LogP contribution in [0.25, 0.3) is 20.7 Å². The van der Waals surface area contributed by atoms with E-state index in [2.05, 4.69) is 23.2 Å². The molecule has 0 fully saturated rings. The Morgan fingerprint density at radius 3 is 2.90 bits per heavy atom. The minimum Gasteiger partial charge on any atom is -0.383 e. The molecular weight excluding hydrogens is 304 g/mol. The van der Waals surface area contributed by atoms with E-state index in [9.17, 15) is 4.79 Å². The van der Waals surface area contributed by atoms with Crippen LogP contribution < -0.4 is 5.56 Å². The van der Waals surface area contributed by atoms with Crippen LogP contribution in [0.1, 0.15) is 0 Å². The number of hydrogen-bond acceptors (Lipinski definition) is 4. The number of rotatable bonds is 4. The number of H-pyrrole nitrogens is 1. The fraction of sp³-hybridized carbons (Fsp3) is 0.200. The van der Waals surface area contributed by atoms with Gasteiger partial charge in [-0.05, 0) is 29.7 Å². The van der Waals surface area contributed by atoms with Gasteiger partial charge in [0.1, 0.15) is 0 Å². The molecule has 3 rings (SSSR count). The predicted octanol–water partition coefficient (Wildman–Crippen LogP) is 3.43. The number of fused-ring (bicyclic) bond motifs is 1. The van der Waals surface area contributed by atoms with Gasteiger partial charge in [0.25, 0.3) is 5.56 Å². The van der Waals surface area contributed by atoms with Crippen LogP contribution in [0.3, 0.4) is 0 Å². The molecule has 0 radical (unpaired) electrons. The molecule has 0 amide bonds. The van der Waals surface area contributed by atoms with Crippen LogP contribution in [0.4, 0.5) is 0 Å². The summed E-state index contributed by atoms with van der Waals surface area (Å²) in [6, 6.07) is 11.8. The Balaban J connectivity index is 2.20. The Hall–Kier alpha value is -1.76. The molecule has 0 saturated carbocycles. The number of benzene rings is 1. The number of methoxy groups -OCH3 is 1. The van der Waals surface area contributed by atoms with E-state index < -0.39 is 0 Å². The first-order chi connectivity index (χ1) is 10.2. The summed E-state index contributed by atoms with van der Waals surface area (Å²) < 4.78 is 8.65. The van der Waals surface area contributed by atoms with Gasteiger partial charge in [-0.3, -0.25) is 9.78 Å². The molecule has 0 aliphatic heterocycles. The predicted molar refractivity (Wildman–Crippen MR) is 88.6 cm³/mol. The second-order valence-corrected chi connectivity index (χ2v) is 6.09. The Morgan fingerprint density at radius 2 is 2.14 bits per heavy atom. The van der Waals surface area contributed by atoms with Gasteiger partial charge in [-0.2, -0.15) is 0 Å². The zero-order valence-electron chi connectivity index (χ0n) is 11.5. The molecule has 0 saturated heterocycles. The first-order valence-electron chi connectivity index (χ1n) is 6.51. The van der Waals surface area contributed by atoms with Gasteiger partial charge >= 0.3 is 0 Å². The summed E-state index contributed by atoms with van der Waals surface area (Å²) in [6.07, 6.45) is 0. The highest BCUT2D eigenvalue weighted by atomic mass is 32.1. The fourth-order valence-corrected chi connectivity index (χ4v) is 3.62. The van der Waals surface area contributed by atoms with Crippen molar-refractivity contribution in [3.63, 3.8) is 0 Å². The van der Waals surface area contributed by atoms with E-state index in [1.165, 1.54) is 10.1 Å². The molecule has 0 spiro atoms. The zero-order valence-corrected chi connectivity index (χ0v) is 13.1. The van der Waals surface area contributed by atoms with Crippen molar-refractivity contribution >= 4 is 33.6 Å². The van der Waals surface area contributed by atoms with Crippen molar-refractivity contribution in [2.24, 2.45) is 0 Å². The van der Waals surface area contributed by atoms with Crippen LogP contribution in [-0.2, 0) is 11.3 Å². The van der Waals surface area contributed by atoms with Gasteiger partial charge in [0.2, 0.25) is 0 Å². The topological polar surface area (TPSA) is 47.0 Å². The van der Waals surface area contributed by atoms with Crippen LogP contribution in [0.5, 0.6) is 0 Å². The molecule has 0 aliphatic rings. The van der Waals surface area contributed by atoms with E-state index in [4.69, 9.17) is 17.0 Å². The molecule has 6 heteroatoms. The summed E-state index contributed by atoms with van der Waals surface area (Å²) in [5, 5.41) is 1.17. The molecule has 0 atom stereocenters. The van der Waals surface area contributed by atoms with Crippen molar-refractivity contribution in [2.75, 3.05) is 13.7 Å². The molecule has 1 N–H and O–H groups in total. The molecule has 1 aromatic carbocycles. The average molecular weight is 318 g/mol. The Labute approximate surface area is 130 Å². The second-order valence-electron chi connectivity index (χ2n) is 4.62. The third-order valence-electron chi connectivity index (χ3n) is 3.23. The largest absolute Gasteiger partial charge is 0.383 e. The third kappa shape index (κ3) is 2.83. The minimum atomic E-state index is -0.180. The van der Waals surface area contributed by atoms with Gasteiger partial charge in [-0.25, -0.2) is 0 Å². The molecule has 2 aromatic heterocycles. The van der Waals surface area contributed by atoms with Crippen LogP contribution in [0.15, 0.2) is 41.2 Å². The Morgan fingerprint density at radius 1 is 1.33 bits per heavy atom. The highest BCUT2D eigenvalue weighted by Gasteiger charge is 2.10. The standard InChI is InChI=1S/C15H14N2O2S2/c1-19-7-6-17-11(9-14(18)16-15(17)20)13-8-10-4-2-3-5-12(10)21-13/h2-5,8-9H,6-7H2,1H3,(H,16,18,20). The molecule has 0 unspecified atom stereocenters. The van der Waals surface area contributed by atoms with Crippen LogP contribution in [-0.4, -0.2) is 23.3 Å². The lowest BCUT2D eigenvalue weighted by molar-refractivity contribution is 0.187. The number of nitrogens with zero attached hydrogens (tertiary/aromatic N) is 1. The molecular formula is C15H14N2O2S2. The Kier molecular flexibility index (Phi) is 4.01. The summed E-state index contributed by atoms with van der Waals surface area (Å²) in [4.78, 5) is 15.5. The first kappa shape index (κ1) is 14.2. The SMILES string of the molecule is COCCn1c(-c2cc3ccccc3s2)cc(=O)[nH]c1=S. The number of ether oxygens (including phenoxy) is 1. The van der Waals surface area contributed by atoms with Crippen LogP contribution in [0.2, 0.25) is 0 Å². The summed E-state index contributed by atoms with van der Waals surface area (Å²) >= 11 is 6.93. The molecule has 0 bridgehead atoms. The molecule has 0 aliphatic carbocycles. The van der Waals surface area contributed by atoms with E-state index in [0.717, 1.165) is 10.6 Å². The third-order valence-corrected chi connectivity index (χ3v) is 4.69. The van der Waals surface area contributed by atoms with Gasteiger partial charge < -0.3 is 9.30 Å². The van der Waals surface area contributed by atoms with E-state index in [1.807, 2.05) is 16.7 Å². The second kappa shape index (κ2) is 5.93. The van der Waals surface area contributed by atoms with Gasteiger partial charge in [-0.1, -0.05) is 18.2 Å². The quantitative estimate of drug-likeness (QED) is 0.750. The van der Waals surface area contributed by atoms with Gasteiger partial charge in [-0.15, -0.1) is 11.3 Å². The monoisotopic (exact) mass is 318 g/mol. The van der Waals surface area contributed by atoms with Gasteiger partial charge in [0.05, 0.1) is 17.2 Å². The molecule has 21 heavy (non-hydrogen) atoms. The van der Waals surface area contributed by atoms with E-state index in [-0.39, 0.29) is 5.56 Å². The van der Waals surface area contributed by atoms with Crippen molar-refractivity contribution < 1.29 is 4.74 Å². The Bertz CT molecular complexity index is 859. The summed E-state index contributed by atoms with van der Waals surface area (Å²) in [6.45, 7) is 1.15. The number of aromatic amines is 1. The number of aromatic nitrogens is 2. The van der Waals surface area contributed by atoms with E-state index >= 15 is 0 Å². The van der Waals surface area contributed by atoms with Gasteiger partial charge in [0, 0.05) is 24.4 Å². The fourth-order valence-electron chi connectivity index (χ4n) is 2.24. The summed E-state index contributed by atoms with van der Waals surface area (Å²) in [5.74, 6) is 0. The zero-order chi connectivity index (χ0) is 14.8. The molecule has 108 valence electrons. The number of hydrogen-bond donors (Lipinski definition) is 1. The number of thiophene rings is 1. The normalized spacial score (nSPS) is 11.1. The maximum Gasteiger partial charge on any atom is 0.252 e. The molecule has 4 nitrogen and oxygen atoms in total.